The van der Waals surface area contributed by atoms with Crippen molar-refractivity contribution in [3.8, 4) is 11.6 Å². The predicted octanol–water partition coefficient (Wildman–Crippen LogP) is 4.36. The number of sulfone groups is 1. The number of rotatable bonds is 4. The molecule has 7 heteroatoms. The minimum atomic E-state index is -3.34. The van der Waals surface area contributed by atoms with E-state index in [1.165, 1.54) is 18.3 Å². The zero-order chi connectivity index (χ0) is 15.6. The Morgan fingerprint density at radius 1 is 1.10 bits per heavy atom. The van der Waals surface area contributed by atoms with E-state index in [0.29, 0.717) is 15.8 Å². The Bertz CT molecular complexity index is 743. The fourth-order valence-corrected chi connectivity index (χ4v) is 2.82. The number of aromatic nitrogens is 1. The second-order valence-electron chi connectivity index (χ2n) is 4.60. The summed E-state index contributed by atoms with van der Waals surface area (Å²) in [6.45, 7) is 3.24. The first kappa shape index (κ1) is 16.1. The molecule has 0 spiro atoms. The van der Waals surface area contributed by atoms with E-state index in [1.807, 2.05) is 0 Å². The molecule has 1 heterocycles. The highest BCUT2D eigenvalue weighted by Crippen LogP contribution is 2.29. The average Bonchev–Trinajstić information content (AvgIpc) is 2.43. The van der Waals surface area contributed by atoms with Crippen LogP contribution in [0.25, 0.3) is 0 Å². The largest absolute Gasteiger partial charge is 0.439 e. The Morgan fingerprint density at radius 3 is 2.33 bits per heavy atom. The Labute approximate surface area is 133 Å². The van der Waals surface area contributed by atoms with E-state index in [2.05, 4.69) is 4.98 Å². The van der Waals surface area contributed by atoms with Crippen molar-refractivity contribution in [2.45, 2.75) is 24.0 Å². The van der Waals surface area contributed by atoms with Crippen LogP contribution in [0.15, 0.2) is 41.4 Å². The Kier molecular flexibility index (Phi) is 4.76. The fourth-order valence-electron chi connectivity index (χ4n) is 1.53. The van der Waals surface area contributed by atoms with Crippen LogP contribution in [-0.2, 0) is 9.84 Å². The Hall–Kier alpha value is -1.30. The molecule has 0 aliphatic heterocycles. The maximum Gasteiger partial charge on any atom is 0.219 e. The third kappa shape index (κ3) is 3.67. The molecule has 0 aliphatic rings. The average molecular weight is 346 g/mol. The van der Waals surface area contributed by atoms with Gasteiger partial charge in [-0.25, -0.2) is 13.4 Å². The number of benzene rings is 1. The van der Waals surface area contributed by atoms with Crippen molar-refractivity contribution in [2.75, 3.05) is 0 Å². The van der Waals surface area contributed by atoms with Gasteiger partial charge in [-0.05, 0) is 32.0 Å². The van der Waals surface area contributed by atoms with Gasteiger partial charge >= 0.3 is 0 Å². The van der Waals surface area contributed by atoms with Gasteiger partial charge in [0.1, 0.15) is 5.75 Å². The molecule has 0 unspecified atom stereocenters. The van der Waals surface area contributed by atoms with Crippen molar-refractivity contribution >= 4 is 33.0 Å². The third-order valence-electron chi connectivity index (χ3n) is 2.77. The highest BCUT2D eigenvalue weighted by Gasteiger charge is 2.19. The molecule has 0 radical (unpaired) electrons. The molecule has 1 aromatic heterocycles. The number of nitrogens with zero attached hydrogens (tertiary/aromatic N) is 1. The van der Waals surface area contributed by atoms with Crippen molar-refractivity contribution in [3.05, 3.63) is 46.6 Å². The lowest BCUT2D eigenvalue weighted by molar-refractivity contribution is 0.462. The molecular formula is C14H13Cl2NO3S. The molecule has 0 fully saturated rings. The number of pyridine rings is 1. The van der Waals surface area contributed by atoms with Crippen molar-refractivity contribution < 1.29 is 13.2 Å². The van der Waals surface area contributed by atoms with Crippen LogP contribution < -0.4 is 4.74 Å². The highest BCUT2D eigenvalue weighted by atomic mass is 35.5. The molecule has 0 amide bonds. The lowest BCUT2D eigenvalue weighted by Crippen LogP contribution is -2.14. The first-order valence-electron chi connectivity index (χ1n) is 6.13. The van der Waals surface area contributed by atoms with Crippen molar-refractivity contribution in [1.82, 2.24) is 4.98 Å². The molecule has 0 atom stereocenters. The monoisotopic (exact) mass is 345 g/mol. The lowest BCUT2D eigenvalue weighted by atomic mass is 10.3. The standard InChI is InChI=1S/C14H13Cl2NO3S/c1-9(2)21(18,19)11-4-6-14(17-8-11)20-10-3-5-12(15)13(16)7-10/h3-9H,1-2H3. The lowest BCUT2D eigenvalue weighted by Gasteiger charge is -2.09. The molecule has 1 aromatic carbocycles. The Balaban J connectivity index is 2.22. The van der Waals surface area contributed by atoms with Crippen LogP contribution in [0.4, 0.5) is 0 Å². The number of ether oxygens (including phenoxy) is 1. The summed E-state index contributed by atoms with van der Waals surface area (Å²) in [7, 11) is -3.34. The van der Waals surface area contributed by atoms with E-state index in [4.69, 9.17) is 27.9 Å². The van der Waals surface area contributed by atoms with Crippen LogP contribution in [0.2, 0.25) is 10.0 Å². The summed E-state index contributed by atoms with van der Waals surface area (Å²) in [6, 6.07) is 7.78. The molecular weight excluding hydrogens is 333 g/mol. The van der Waals surface area contributed by atoms with E-state index >= 15 is 0 Å². The van der Waals surface area contributed by atoms with E-state index in [9.17, 15) is 8.42 Å². The summed E-state index contributed by atoms with van der Waals surface area (Å²) in [5, 5.41) is 0.296. The summed E-state index contributed by atoms with van der Waals surface area (Å²) in [6.07, 6.45) is 1.28. The minimum absolute atomic E-state index is 0.166. The van der Waals surface area contributed by atoms with E-state index in [0.717, 1.165) is 0 Å². The maximum atomic E-state index is 12.0. The Morgan fingerprint density at radius 2 is 1.81 bits per heavy atom. The maximum absolute atomic E-state index is 12.0. The van der Waals surface area contributed by atoms with Crippen molar-refractivity contribution in [1.29, 1.82) is 0 Å². The van der Waals surface area contributed by atoms with Gasteiger partial charge in [0.2, 0.25) is 5.88 Å². The van der Waals surface area contributed by atoms with Gasteiger partial charge in [-0.15, -0.1) is 0 Å². The molecule has 2 aromatic rings. The van der Waals surface area contributed by atoms with Gasteiger partial charge in [-0.3, -0.25) is 0 Å². The van der Waals surface area contributed by atoms with E-state index < -0.39 is 15.1 Å². The summed E-state index contributed by atoms with van der Waals surface area (Å²) in [5.74, 6) is 0.743. The van der Waals surface area contributed by atoms with Crippen LogP contribution in [0.1, 0.15) is 13.8 Å². The molecule has 4 nitrogen and oxygen atoms in total. The summed E-state index contributed by atoms with van der Waals surface area (Å²) in [5.41, 5.74) is 0. The molecule has 0 saturated carbocycles. The number of halogens is 2. The molecule has 2 rings (SSSR count). The topological polar surface area (TPSA) is 56.3 Å². The van der Waals surface area contributed by atoms with Crippen molar-refractivity contribution in [2.24, 2.45) is 0 Å². The zero-order valence-electron chi connectivity index (χ0n) is 11.4. The van der Waals surface area contributed by atoms with Gasteiger partial charge in [0.25, 0.3) is 0 Å². The molecule has 0 bridgehead atoms. The number of hydrogen-bond donors (Lipinski definition) is 0. The second kappa shape index (κ2) is 6.22. The minimum Gasteiger partial charge on any atom is -0.439 e. The summed E-state index contributed by atoms with van der Waals surface area (Å²) >= 11 is 11.7. The van der Waals surface area contributed by atoms with Crippen LogP contribution in [0.5, 0.6) is 11.6 Å². The first-order valence-corrected chi connectivity index (χ1v) is 8.44. The molecule has 0 saturated heterocycles. The SMILES string of the molecule is CC(C)S(=O)(=O)c1ccc(Oc2ccc(Cl)c(Cl)c2)nc1. The third-order valence-corrected chi connectivity index (χ3v) is 5.65. The van der Waals surface area contributed by atoms with Crippen molar-refractivity contribution in [3.63, 3.8) is 0 Å². The van der Waals surface area contributed by atoms with Crippen LogP contribution in [0.3, 0.4) is 0 Å². The van der Waals surface area contributed by atoms with Gasteiger partial charge in [0.05, 0.1) is 20.2 Å². The van der Waals surface area contributed by atoms with E-state index in [-0.39, 0.29) is 10.8 Å². The van der Waals surface area contributed by atoms with E-state index in [1.54, 1.807) is 32.0 Å². The van der Waals surface area contributed by atoms with Gasteiger partial charge in [0, 0.05) is 18.3 Å². The predicted molar refractivity (Wildman–Crippen MR) is 83.1 cm³/mol. The first-order chi connectivity index (χ1) is 9.80. The van der Waals surface area contributed by atoms with Gasteiger partial charge < -0.3 is 4.74 Å². The normalized spacial score (nSPS) is 11.7. The number of hydrogen-bond acceptors (Lipinski definition) is 4. The van der Waals surface area contributed by atoms with Crippen LogP contribution in [-0.4, -0.2) is 18.7 Å². The molecule has 0 N–H and O–H groups in total. The van der Waals surface area contributed by atoms with Gasteiger partial charge in [0.15, 0.2) is 9.84 Å². The summed E-state index contributed by atoms with van der Waals surface area (Å²) in [4.78, 5) is 4.16. The fraction of sp³-hybridized carbons (Fsp3) is 0.214. The molecule has 112 valence electrons. The van der Waals surface area contributed by atoms with Crippen LogP contribution in [0, 0.1) is 0 Å². The van der Waals surface area contributed by atoms with Crippen LogP contribution >= 0.6 is 23.2 Å². The zero-order valence-corrected chi connectivity index (χ0v) is 13.7. The highest BCUT2D eigenvalue weighted by molar-refractivity contribution is 7.92. The second-order valence-corrected chi connectivity index (χ2v) is 7.92. The van der Waals surface area contributed by atoms with Gasteiger partial charge in [-0.2, -0.15) is 0 Å². The smallest absolute Gasteiger partial charge is 0.219 e. The quantitative estimate of drug-likeness (QED) is 0.825. The molecule has 21 heavy (non-hydrogen) atoms. The summed E-state index contributed by atoms with van der Waals surface area (Å²) < 4.78 is 29.4. The van der Waals surface area contributed by atoms with Gasteiger partial charge in [-0.1, -0.05) is 23.2 Å². The molecule has 0 aliphatic carbocycles.